The molecule has 0 aromatic heterocycles. The Kier molecular flexibility index (Phi) is 3.30. The predicted molar refractivity (Wildman–Crippen MR) is 64.4 cm³/mol. The van der Waals surface area contributed by atoms with E-state index in [4.69, 9.17) is 10.0 Å². The Morgan fingerprint density at radius 2 is 1.88 bits per heavy atom. The maximum atomic E-state index is 10.8. The van der Waals surface area contributed by atoms with Crippen LogP contribution in [0.3, 0.4) is 0 Å². The van der Waals surface area contributed by atoms with Gasteiger partial charge < -0.3 is 14.9 Å². The average Bonchev–Trinajstić information content (AvgIpc) is 2.81. The number of anilines is 1. The van der Waals surface area contributed by atoms with Gasteiger partial charge in [-0.05, 0) is 24.4 Å². The average molecular weight is 236 g/mol. The van der Waals surface area contributed by atoms with Gasteiger partial charge in [-0.25, -0.2) is 0 Å². The molecule has 0 aliphatic carbocycles. The highest BCUT2D eigenvalue weighted by molar-refractivity contribution is 6.58. The Morgan fingerprint density at radius 3 is 2.41 bits per heavy atom. The van der Waals surface area contributed by atoms with Crippen LogP contribution in [0, 0.1) is 10.1 Å². The van der Waals surface area contributed by atoms with Gasteiger partial charge in [0.15, 0.2) is 0 Å². The minimum absolute atomic E-state index is 0.113. The molecule has 1 aliphatic rings. The summed E-state index contributed by atoms with van der Waals surface area (Å²) in [5.74, 6) is 0. The van der Waals surface area contributed by atoms with Crippen molar-refractivity contribution in [1.82, 2.24) is 0 Å². The molecule has 1 aliphatic heterocycles. The second kappa shape index (κ2) is 4.73. The van der Waals surface area contributed by atoms with Crippen molar-refractivity contribution in [3.05, 3.63) is 28.3 Å². The second-order valence-corrected chi connectivity index (χ2v) is 4.11. The zero-order valence-electron chi connectivity index (χ0n) is 9.24. The highest BCUT2D eigenvalue weighted by Gasteiger charge is 2.21. The van der Waals surface area contributed by atoms with E-state index >= 15 is 0 Å². The van der Waals surface area contributed by atoms with E-state index in [0.717, 1.165) is 25.9 Å². The van der Waals surface area contributed by atoms with Crippen molar-refractivity contribution in [2.45, 2.75) is 12.8 Å². The first-order valence-corrected chi connectivity index (χ1v) is 5.48. The summed E-state index contributed by atoms with van der Waals surface area (Å²) in [5.41, 5.74) is 0.721. The van der Waals surface area contributed by atoms with Gasteiger partial charge in [0.1, 0.15) is 0 Å². The molecule has 0 spiro atoms. The van der Waals surface area contributed by atoms with Gasteiger partial charge in [-0.2, -0.15) is 0 Å². The monoisotopic (exact) mass is 236 g/mol. The van der Waals surface area contributed by atoms with Gasteiger partial charge in [0.2, 0.25) is 0 Å². The van der Waals surface area contributed by atoms with E-state index in [1.807, 2.05) is 4.90 Å². The van der Waals surface area contributed by atoms with Crippen molar-refractivity contribution in [3.8, 4) is 0 Å². The molecular formula is C10H13BN2O4. The zero-order valence-corrected chi connectivity index (χ0v) is 9.24. The van der Waals surface area contributed by atoms with E-state index in [0.29, 0.717) is 5.69 Å². The number of hydrogen-bond acceptors (Lipinski definition) is 5. The van der Waals surface area contributed by atoms with Crippen LogP contribution in [-0.4, -0.2) is 35.2 Å². The molecule has 0 bridgehead atoms. The third kappa shape index (κ3) is 2.56. The lowest BCUT2D eigenvalue weighted by atomic mass is 9.80. The first-order valence-electron chi connectivity index (χ1n) is 5.48. The lowest BCUT2D eigenvalue weighted by molar-refractivity contribution is -0.384. The van der Waals surface area contributed by atoms with Crippen LogP contribution in [0.2, 0.25) is 0 Å². The lowest BCUT2D eigenvalue weighted by Gasteiger charge is -2.18. The molecule has 0 unspecified atom stereocenters. The quantitative estimate of drug-likeness (QED) is 0.433. The largest absolute Gasteiger partial charge is 0.488 e. The molecular weight excluding hydrogens is 223 g/mol. The maximum Gasteiger partial charge on any atom is 0.488 e. The highest BCUT2D eigenvalue weighted by Crippen LogP contribution is 2.23. The molecule has 1 fully saturated rings. The SMILES string of the molecule is O=[N+]([O-])c1cc(B(O)O)cc(N2CCCC2)c1. The van der Waals surface area contributed by atoms with E-state index in [1.165, 1.54) is 12.1 Å². The van der Waals surface area contributed by atoms with Crippen LogP contribution < -0.4 is 10.4 Å². The molecule has 1 aromatic rings. The fourth-order valence-electron chi connectivity index (χ4n) is 2.03. The summed E-state index contributed by atoms with van der Waals surface area (Å²) in [7, 11) is -1.68. The van der Waals surface area contributed by atoms with Crippen molar-refractivity contribution in [1.29, 1.82) is 0 Å². The van der Waals surface area contributed by atoms with Crippen molar-refractivity contribution >= 4 is 24.0 Å². The third-order valence-electron chi connectivity index (χ3n) is 2.91. The molecule has 2 rings (SSSR count). The number of rotatable bonds is 3. The van der Waals surface area contributed by atoms with Crippen LogP contribution in [0.25, 0.3) is 0 Å². The summed E-state index contributed by atoms with van der Waals surface area (Å²) in [4.78, 5) is 12.3. The van der Waals surface area contributed by atoms with Gasteiger partial charge in [0.05, 0.1) is 4.92 Å². The van der Waals surface area contributed by atoms with Crippen LogP contribution in [-0.2, 0) is 0 Å². The Hall–Kier alpha value is -1.60. The van der Waals surface area contributed by atoms with Gasteiger partial charge in [-0.1, -0.05) is 0 Å². The molecule has 0 saturated carbocycles. The topological polar surface area (TPSA) is 86.8 Å². The first-order chi connectivity index (χ1) is 8.08. The van der Waals surface area contributed by atoms with E-state index in [-0.39, 0.29) is 11.2 Å². The molecule has 1 heterocycles. The Bertz CT molecular complexity index is 432. The van der Waals surface area contributed by atoms with E-state index in [9.17, 15) is 10.1 Å². The van der Waals surface area contributed by atoms with Gasteiger partial charge in [0.25, 0.3) is 5.69 Å². The molecule has 0 amide bonds. The molecule has 7 heteroatoms. The summed E-state index contributed by atoms with van der Waals surface area (Å²) < 4.78 is 0. The van der Waals surface area contributed by atoms with Crippen LogP contribution in [0.1, 0.15) is 12.8 Å². The highest BCUT2D eigenvalue weighted by atomic mass is 16.6. The minimum Gasteiger partial charge on any atom is -0.423 e. The van der Waals surface area contributed by atoms with E-state index < -0.39 is 12.0 Å². The van der Waals surface area contributed by atoms with Crippen LogP contribution >= 0.6 is 0 Å². The zero-order chi connectivity index (χ0) is 12.4. The Morgan fingerprint density at radius 1 is 1.24 bits per heavy atom. The normalized spacial score (nSPS) is 15.1. The third-order valence-corrected chi connectivity index (χ3v) is 2.91. The molecule has 6 nitrogen and oxygen atoms in total. The van der Waals surface area contributed by atoms with Crippen LogP contribution in [0.4, 0.5) is 11.4 Å². The summed E-state index contributed by atoms with van der Waals surface area (Å²) in [5, 5.41) is 29.0. The van der Waals surface area contributed by atoms with Crippen molar-refractivity contribution in [3.63, 3.8) is 0 Å². The number of nitrogens with zero attached hydrogens (tertiary/aromatic N) is 2. The van der Waals surface area contributed by atoms with Crippen molar-refractivity contribution < 1.29 is 15.0 Å². The molecule has 90 valence electrons. The summed E-state index contributed by atoms with van der Waals surface area (Å²) in [6, 6.07) is 4.24. The standard InChI is InChI=1S/C10H13BN2O4/c14-11(15)8-5-9(12-3-1-2-4-12)7-10(6-8)13(16)17/h5-7,14-15H,1-4H2. The van der Waals surface area contributed by atoms with Gasteiger partial charge in [-0.3, -0.25) is 10.1 Å². The van der Waals surface area contributed by atoms with Crippen molar-refractivity contribution in [2.24, 2.45) is 0 Å². The van der Waals surface area contributed by atoms with Gasteiger partial charge in [0, 0.05) is 30.9 Å². The van der Waals surface area contributed by atoms with Crippen LogP contribution in [0.5, 0.6) is 0 Å². The summed E-state index contributed by atoms with van der Waals surface area (Å²) in [6.45, 7) is 1.70. The van der Waals surface area contributed by atoms with E-state index in [1.54, 1.807) is 6.07 Å². The molecule has 0 atom stereocenters. The Labute approximate surface area is 98.8 Å². The van der Waals surface area contributed by atoms with E-state index in [2.05, 4.69) is 0 Å². The predicted octanol–water partition coefficient (Wildman–Crippen LogP) is -0.125. The van der Waals surface area contributed by atoms with Gasteiger partial charge in [-0.15, -0.1) is 0 Å². The number of nitro groups is 1. The fraction of sp³-hybridized carbons (Fsp3) is 0.400. The summed E-state index contributed by atoms with van der Waals surface area (Å²) >= 11 is 0. The first kappa shape index (κ1) is 11.9. The number of non-ortho nitro benzene ring substituents is 1. The lowest BCUT2D eigenvalue weighted by Crippen LogP contribution is -2.31. The van der Waals surface area contributed by atoms with Crippen LogP contribution in [0.15, 0.2) is 18.2 Å². The smallest absolute Gasteiger partial charge is 0.423 e. The number of benzene rings is 1. The number of hydrogen-bond donors (Lipinski definition) is 2. The minimum atomic E-state index is -1.68. The molecule has 17 heavy (non-hydrogen) atoms. The second-order valence-electron chi connectivity index (χ2n) is 4.11. The molecule has 2 N–H and O–H groups in total. The van der Waals surface area contributed by atoms with Crippen molar-refractivity contribution in [2.75, 3.05) is 18.0 Å². The molecule has 1 aromatic carbocycles. The molecule has 1 saturated heterocycles. The van der Waals surface area contributed by atoms with Gasteiger partial charge >= 0.3 is 7.12 Å². The molecule has 0 radical (unpaired) electrons. The Balaban J connectivity index is 2.39. The maximum absolute atomic E-state index is 10.8. The summed E-state index contributed by atoms with van der Waals surface area (Å²) in [6.07, 6.45) is 2.11. The number of nitro benzene ring substituents is 1. The fourth-order valence-corrected chi connectivity index (χ4v) is 2.03.